The van der Waals surface area contributed by atoms with E-state index in [2.05, 4.69) is 0 Å². The average molecular weight is 168 g/mol. The first-order chi connectivity index (χ1) is 4.00. The van der Waals surface area contributed by atoms with Crippen LogP contribution in [0.3, 0.4) is 0 Å². The summed E-state index contributed by atoms with van der Waals surface area (Å²) in [5.41, 5.74) is 0. The van der Waals surface area contributed by atoms with Gasteiger partial charge in [0.05, 0.1) is 0 Å². The van der Waals surface area contributed by atoms with E-state index in [0.717, 1.165) is 0 Å². The highest BCUT2D eigenvalue weighted by atomic mass is 28.1. The zero-order chi connectivity index (χ0) is 8.00. The van der Waals surface area contributed by atoms with Crippen molar-refractivity contribution in [2.24, 2.45) is 0 Å². The van der Waals surface area contributed by atoms with Crippen molar-refractivity contribution in [3.8, 4) is 0 Å². The molecule has 0 aliphatic carbocycles. The van der Waals surface area contributed by atoms with Gasteiger partial charge in [0.1, 0.15) is 0 Å². The third-order valence-corrected chi connectivity index (χ3v) is 0. The lowest BCUT2D eigenvalue weighted by Crippen LogP contribution is -1.29. The highest BCUT2D eigenvalue weighted by molar-refractivity contribution is 5.75. The van der Waals surface area contributed by atoms with Gasteiger partial charge in [-0.1, -0.05) is 0 Å². The highest BCUT2D eigenvalue weighted by Gasteiger charge is 0.751. The van der Waals surface area contributed by atoms with Crippen molar-refractivity contribution in [2.45, 2.75) is 0 Å². The Labute approximate surface area is 54.2 Å². The van der Waals surface area contributed by atoms with Crippen LogP contribution in [0.4, 0.5) is 0 Å². The Hall–Kier alpha value is -0.103. The fourth-order valence-corrected chi connectivity index (χ4v) is 0. The second-order valence-electron chi connectivity index (χ2n) is 0. The van der Waals surface area contributed by atoms with Crippen LogP contribution >= 0.6 is 0 Å². The zero-order valence-electron chi connectivity index (χ0n) is 3.58. The van der Waals surface area contributed by atoms with Gasteiger partial charge in [0.2, 0.25) is 0 Å². The summed E-state index contributed by atoms with van der Waals surface area (Å²) < 4.78 is 0. The molecule has 0 spiro atoms. The minimum absolute atomic E-state index is 0. The summed E-state index contributed by atoms with van der Waals surface area (Å²) in [7, 11) is 0. The molecule has 64 valence electrons. The summed E-state index contributed by atoms with van der Waals surface area (Å²) in [6.07, 6.45) is 0. The van der Waals surface area contributed by atoms with Crippen LogP contribution in [0.2, 0.25) is 0 Å². The third-order valence-electron chi connectivity index (χ3n) is 0. The van der Waals surface area contributed by atoms with Crippen LogP contribution in [-0.2, 0) is 0 Å². The van der Waals surface area contributed by atoms with E-state index < -0.39 is 0 Å². The molecule has 0 rings (SSSR count). The molecular weight excluding hydrogens is 156 g/mol. The Kier molecular flexibility index (Phi) is 143000. The first kappa shape index (κ1) is 36.5. The van der Waals surface area contributed by atoms with E-state index in [9.17, 15) is 0 Å². The monoisotopic (exact) mass is 168 g/mol. The number of hydrogen-bond donors (Lipinski definition) is 8. The molecule has 9 heteroatoms. The van der Waals surface area contributed by atoms with Gasteiger partial charge >= 0.3 is 0 Å². The van der Waals surface area contributed by atoms with E-state index in [-0.39, 0.29) is 11.0 Å². The van der Waals surface area contributed by atoms with E-state index in [1.807, 2.05) is 0 Å². The Morgan fingerprint density at radius 2 is 0.333 bits per heavy atom. The molecule has 0 aromatic heterocycles. The molecule has 0 aromatic rings. The predicted octanol–water partition coefficient (Wildman–Crippen LogP) is -1.38. The molecule has 0 aliphatic rings. The fraction of sp³-hybridized carbons (Fsp3) is 0. The molecule has 8 N–H and O–H groups in total. The van der Waals surface area contributed by atoms with Crippen molar-refractivity contribution < 1.29 is 42.1 Å². The Bertz CT molecular complexity index is 4.53. The van der Waals surface area contributed by atoms with Crippen molar-refractivity contribution in [1.29, 1.82) is 0 Å². The lowest BCUT2D eigenvalue weighted by atomic mass is 15.0. The molecule has 0 saturated heterocycles. The van der Waals surface area contributed by atoms with Crippen molar-refractivity contribution >= 4 is 11.0 Å². The van der Waals surface area contributed by atoms with E-state index in [1.54, 1.807) is 0 Å². The van der Waals surface area contributed by atoms with Gasteiger partial charge in [-0.25, -0.2) is 0 Å². The number of hydrogen-bond acceptors (Lipinski definition) is 8. The van der Waals surface area contributed by atoms with E-state index in [4.69, 9.17) is 42.1 Å². The van der Waals surface area contributed by atoms with Crippen molar-refractivity contribution in [1.82, 2.24) is 0 Å². The summed E-state index contributed by atoms with van der Waals surface area (Å²) in [6.45, 7) is 0. The van der Waals surface area contributed by atoms with Crippen LogP contribution in [0.5, 0.6) is 0 Å². The van der Waals surface area contributed by atoms with Crippen LogP contribution in [0, 0.1) is 0 Å². The molecule has 0 radical (unpaired) electrons. The topological polar surface area (TPSA) is 162 Å². The van der Waals surface area contributed by atoms with E-state index in [1.165, 1.54) is 0 Å². The van der Waals surface area contributed by atoms with Crippen molar-refractivity contribution in [3.05, 3.63) is 0 Å². The summed E-state index contributed by atoms with van der Waals surface area (Å²) in [6, 6.07) is 0. The molecule has 0 aromatic carbocycles. The van der Waals surface area contributed by atoms with Crippen LogP contribution < -0.4 is 0 Å². The van der Waals surface area contributed by atoms with Crippen LogP contribution in [0.25, 0.3) is 0 Å². The maximum atomic E-state index is 6.00. The van der Waals surface area contributed by atoms with Gasteiger partial charge in [-0.05, 0) is 11.0 Å². The smallest absolute Gasteiger partial charge is 0.0149 e. The second kappa shape index (κ2) is 35300. The molecule has 0 amide bonds. The molecule has 9 heavy (non-hydrogen) atoms. The molecule has 0 unspecified atom stereocenters. The molecule has 0 atom stereocenters. The zero-order valence-corrected chi connectivity index (χ0v) is 3.58. The minimum Gasteiger partial charge on any atom is -0.255 e. The molecule has 0 saturated carbocycles. The SMILES string of the molecule is OO.OO.OO.OO.[SiH4]. The normalized spacial score (nSPS) is 2.67. The summed E-state index contributed by atoms with van der Waals surface area (Å²) in [4.78, 5) is 0. The number of rotatable bonds is 0. The van der Waals surface area contributed by atoms with Crippen molar-refractivity contribution in [2.75, 3.05) is 0 Å². The highest BCUT2D eigenvalue weighted by Crippen LogP contribution is 0.717. The first-order valence-corrected chi connectivity index (χ1v) is 0.800. The first-order valence-electron chi connectivity index (χ1n) is 0.800. The third kappa shape index (κ3) is 25800. The Balaban J connectivity index is -0.00000000762. The van der Waals surface area contributed by atoms with E-state index >= 15 is 0 Å². The van der Waals surface area contributed by atoms with Crippen LogP contribution in [0.15, 0.2) is 0 Å². The molecule has 0 aliphatic heterocycles. The summed E-state index contributed by atoms with van der Waals surface area (Å²) >= 11 is 0. The molecule has 0 fully saturated rings. The van der Waals surface area contributed by atoms with Gasteiger partial charge in [-0.2, -0.15) is 0 Å². The molecule has 8 nitrogen and oxygen atoms in total. The Morgan fingerprint density at radius 3 is 0.333 bits per heavy atom. The minimum atomic E-state index is 0. The average Bonchev–Trinajstić information content (AvgIpc) is 2.03. The fourth-order valence-electron chi connectivity index (χ4n) is 0. The molecule has 0 bridgehead atoms. The van der Waals surface area contributed by atoms with Crippen LogP contribution in [-0.4, -0.2) is 53.0 Å². The lowest BCUT2D eigenvalue weighted by molar-refractivity contribution is -0.176. The second-order valence-corrected chi connectivity index (χ2v) is 0. The maximum Gasteiger partial charge on any atom is -0.0149 e. The van der Waals surface area contributed by atoms with Crippen LogP contribution in [0.1, 0.15) is 0 Å². The van der Waals surface area contributed by atoms with Gasteiger partial charge in [-0.15, -0.1) is 0 Å². The van der Waals surface area contributed by atoms with Gasteiger partial charge in [-0.3, -0.25) is 42.1 Å². The quantitative estimate of drug-likeness (QED) is 0.125. The molecular formula is H12O8Si. The maximum absolute atomic E-state index is 6.00. The standard InChI is InChI=1S/4H2O2.H4Si/c4*1-2;/h4*1-2H;1H4. The summed E-state index contributed by atoms with van der Waals surface area (Å²) in [5, 5.41) is 48.0. The van der Waals surface area contributed by atoms with Gasteiger partial charge in [0, 0.05) is 0 Å². The van der Waals surface area contributed by atoms with Gasteiger partial charge in [0.25, 0.3) is 0 Å². The predicted molar refractivity (Wildman–Crippen MR) is 32.4 cm³/mol. The Morgan fingerprint density at radius 1 is 0.333 bits per heavy atom. The van der Waals surface area contributed by atoms with Crippen molar-refractivity contribution in [3.63, 3.8) is 0 Å². The lowest BCUT2D eigenvalue weighted by Gasteiger charge is -1.25. The largest absolute Gasteiger partial charge is 0.255 e. The molecule has 0 heterocycles. The van der Waals surface area contributed by atoms with Gasteiger partial charge < -0.3 is 0 Å². The van der Waals surface area contributed by atoms with E-state index in [0.29, 0.717) is 0 Å². The summed E-state index contributed by atoms with van der Waals surface area (Å²) in [5.74, 6) is 0. The van der Waals surface area contributed by atoms with Gasteiger partial charge in [0.15, 0.2) is 0 Å².